The minimum absolute atomic E-state index is 0. The van der Waals surface area contributed by atoms with E-state index in [1.807, 2.05) is 14.1 Å². The standard InChI is InChI=1S/C7H12N2OS2.BrH/c1-7(4-8-10)5-11-6(12-7)9(2)3;/h4H,5H2,1-3H3;1H/b8-4+;. The van der Waals surface area contributed by atoms with E-state index in [1.54, 1.807) is 29.7 Å². The largest absolute Gasteiger partial charge is 1.00 e. The third-order valence-corrected chi connectivity index (χ3v) is 4.90. The lowest BCUT2D eigenvalue weighted by Gasteiger charge is -2.10. The second kappa shape index (κ2) is 5.26. The van der Waals surface area contributed by atoms with Crippen molar-refractivity contribution in [3.63, 3.8) is 0 Å². The molecule has 13 heavy (non-hydrogen) atoms. The van der Waals surface area contributed by atoms with Gasteiger partial charge in [0.2, 0.25) is 0 Å². The van der Waals surface area contributed by atoms with Crippen LogP contribution in [0.2, 0.25) is 0 Å². The van der Waals surface area contributed by atoms with E-state index in [9.17, 15) is 0 Å². The Morgan fingerprint density at radius 1 is 1.62 bits per heavy atom. The predicted octanol–water partition coefficient (Wildman–Crippen LogP) is -1.68. The first kappa shape index (κ1) is 13.3. The zero-order chi connectivity index (χ0) is 9.19. The summed E-state index contributed by atoms with van der Waals surface area (Å²) in [5.41, 5.74) is 0. The molecular formula is C7H13BrN2OS2. The van der Waals surface area contributed by atoms with Gasteiger partial charge in [0.1, 0.15) is 14.1 Å². The second-order valence-electron chi connectivity index (χ2n) is 3.11. The Morgan fingerprint density at radius 3 is 2.62 bits per heavy atom. The predicted molar refractivity (Wildman–Crippen MR) is 55.8 cm³/mol. The van der Waals surface area contributed by atoms with Gasteiger partial charge in [-0.1, -0.05) is 0 Å². The van der Waals surface area contributed by atoms with E-state index in [-0.39, 0.29) is 21.7 Å². The maximum atomic E-state index is 8.44. The van der Waals surface area contributed by atoms with Crippen molar-refractivity contribution < 1.29 is 26.8 Å². The molecule has 76 valence electrons. The molecule has 1 unspecified atom stereocenters. The molecule has 0 amide bonds. The van der Waals surface area contributed by atoms with E-state index in [1.165, 1.54) is 4.38 Å². The summed E-state index contributed by atoms with van der Waals surface area (Å²) in [4.78, 5) is 0. The van der Waals surface area contributed by atoms with Crippen LogP contribution in [0.4, 0.5) is 0 Å². The molecule has 1 fully saturated rings. The molecule has 0 radical (unpaired) electrons. The second-order valence-corrected chi connectivity index (χ2v) is 5.85. The third kappa shape index (κ3) is 3.52. The minimum Gasteiger partial charge on any atom is -1.00 e. The normalized spacial score (nSPS) is 27.8. The number of thioether (sulfide) groups is 2. The SMILES string of the molecule is C[N+](C)=C1SCC(C)(/C=N/O)S1.[Br-]. The summed E-state index contributed by atoms with van der Waals surface area (Å²) in [6, 6.07) is 0. The quantitative estimate of drug-likeness (QED) is 0.270. The van der Waals surface area contributed by atoms with Crippen molar-refractivity contribution in [2.45, 2.75) is 11.7 Å². The molecule has 0 aromatic heterocycles. The number of hydrogen-bond acceptors (Lipinski definition) is 4. The van der Waals surface area contributed by atoms with Crippen LogP contribution in [-0.2, 0) is 0 Å². The zero-order valence-electron chi connectivity index (χ0n) is 7.82. The summed E-state index contributed by atoms with van der Waals surface area (Å²) in [6.07, 6.45) is 1.60. The van der Waals surface area contributed by atoms with Gasteiger partial charge in [-0.15, -0.1) is 5.16 Å². The molecule has 0 aromatic carbocycles. The van der Waals surface area contributed by atoms with E-state index in [0.29, 0.717) is 0 Å². The van der Waals surface area contributed by atoms with Gasteiger partial charge in [-0.05, 0) is 30.4 Å². The van der Waals surface area contributed by atoms with Gasteiger partial charge in [-0.2, -0.15) is 0 Å². The maximum absolute atomic E-state index is 8.44. The summed E-state index contributed by atoms with van der Waals surface area (Å²) < 4.78 is 3.32. The van der Waals surface area contributed by atoms with Gasteiger partial charge < -0.3 is 22.2 Å². The van der Waals surface area contributed by atoms with Crippen molar-refractivity contribution in [3.8, 4) is 0 Å². The monoisotopic (exact) mass is 284 g/mol. The minimum atomic E-state index is -0.0426. The Kier molecular flexibility index (Phi) is 5.39. The van der Waals surface area contributed by atoms with Crippen LogP contribution in [0.15, 0.2) is 5.16 Å². The summed E-state index contributed by atoms with van der Waals surface area (Å²) in [5.74, 6) is 0.968. The molecule has 1 rings (SSSR count). The van der Waals surface area contributed by atoms with E-state index in [0.717, 1.165) is 5.75 Å². The van der Waals surface area contributed by atoms with Crippen LogP contribution >= 0.6 is 23.5 Å². The fourth-order valence-electron chi connectivity index (χ4n) is 0.870. The highest BCUT2D eigenvalue weighted by Gasteiger charge is 2.37. The average Bonchev–Trinajstić information content (AvgIpc) is 2.33. The molecule has 1 aliphatic heterocycles. The van der Waals surface area contributed by atoms with Gasteiger partial charge in [-0.3, -0.25) is 0 Å². The van der Waals surface area contributed by atoms with Crippen LogP contribution in [0.1, 0.15) is 6.92 Å². The van der Waals surface area contributed by atoms with Crippen LogP contribution in [0.25, 0.3) is 0 Å². The van der Waals surface area contributed by atoms with Crippen LogP contribution in [-0.4, -0.2) is 45.0 Å². The molecule has 0 saturated carbocycles. The van der Waals surface area contributed by atoms with Crippen molar-refractivity contribution in [2.24, 2.45) is 5.16 Å². The van der Waals surface area contributed by atoms with Gasteiger partial charge in [0.25, 0.3) is 4.38 Å². The van der Waals surface area contributed by atoms with Crippen molar-refractivity contribution in [1.82, 2.24) is 0 Å². The van der Waals surface area contributed by atoms with Crippen molar-refractivity contribution in [3.05, 3.63) is 0 Å². The molecule has 1 heterocycles. The van der Waals surface area contributed by atoms with Crippen LogP contribution < -0.4 is 17.0 Å². The van der Waals surface area contributed by atoms with Crippen molar-refractivity contribution in [2.75, 3.05) is 19.8 Å². The molecule has 1 aliphatic rings. The summed E-state index contributed by atoms with van der Waals surface area (Å²) in [7, 11) is 4.05. The molecule has 0 aromatic rings. The first-order valence-electron chi connectivity index (χ1n) is 3.62. The Morgan fingerprint density at radius 2 is 2.23 bits per heavy atom. The molecule has 1 N–H and O–H groups in total. The molecular weight excluding hydrogens is 272 g/mol. The highest BCUT2D eigenvalue weighted by Crippen LogP contribution is 2.40. The van der Waals surface area contributed by atoms with Gasteiger partial charge in [0.05, 0.1) is 11.0 Å². The fraction of sp³-hybridized carbons (Fsp3) is 0.714. The molecule has 0 aliphatic carbocycles. The Hall–Kier alpha value is 0.320. The number of halogens is 1. The molecule has 1 saturated heterocycles. The number of oxime groups is 1. The Labute approximate surface area is 97.4 Å². The first-order valence-corrected chi connectivity index (χ1v) is 5.42. The lowest BCUT2D eigenvalue weighted by molar-refractivity contribution is -0.458. The molecule has 6 heteroatoms. The number of rotatable bonds is 1. The topological polar surface area (TPSA) is 35.6 Å². The fourth-order valence-corrected chi connectivity index (χ4v) is 3.69. The summed E-state index contributed by atoms with van der Waals surface area (Å²) in [6.45, 7) is 2.07. The third-order valence-electron chi connectivity index (χ3n) is 1.50. The van der Waals surface area contributed by atoms with Gasteiger partial charge in [-0.25, -0.2) is 4.58 Å². The Balaban J connectivity index is 0.00000144. The number of nitrogens with zero attached hydrogens (tertiary/aromatic N) is 2. The van der Waals surface area contributed by atoms with E-state index < -0.39 is 0 Å². The van der Waals surface area contributed by atoms with Gasteiger partial charge in [0, 0.05) is 5.75 Å². The molecule has 0 bridgehead atoms. The smallest absolute Gasteiger partial charge is 0.270 e. The lowest BCUT2D eigenvalue weighted by atomic mass is 10.2. The van der Waals surface area contributed by atoms with E-state index in [2.05, 4.69) is 16.7 Å². The van der Waals surface area contributed by atoms with Crippen LogP contribution in [0.5, 0.6) is 0 Å². The van der Waals surface area contributed by atoms with Crippen LogP contribution in [0, 0.1) is 0 Å². The van der Waals surface area contributed by atoms with Crippen LogP contribution in [0.3, 0.4) is 0 Å². The van der Waals surface area contributed by atoms with Crippen molar-refractivity contribution in [1.29, 1.82) is 0 Å². The summed E-state index contributed by atoms with van der Waals surface area (Å²) >= 11 is 3.54. The highest BCUT2D eigenvalue weighted by molar-refractivity contribution is 8.42. The average molecular weight is 285 g/mol. The zero-order valence-corrected chi connectivity index (χ0v) is 11.0. The molecule has 3 nitrogen and oxygen atoms in total. The lowest BCUT2D eigenvalue weighted by Crippen LogP contribution is -3.00. The summed E-state index contributed by atoms with van der Waals surface area (Å²) in [5, 5.41) is 11.5. The molecule has 0 spiro atoms. The van der Waals surface area contributed by atoms with Gasteiger partial charge in [0.15, 0.2) is 0 Å². The van der Waals surface area contributed by atoms with E-state index in [4.69, 9.17) is 5.21 Å². The Bertz CT molecular complexity index is 241. The first-order chi connectivity index (χ1) is 5.57. The highest BCUT2D eigenvalue weighted by atomic mass is 79.9. The number of hydrogen-bond donors (Lipinski definition) is 1. The molecule has 1 atom stereocenters. The van der Waals surface area contributed by atoms with E-state index >= 15 is 0 Å². The maximum Gasteiger partial charge on any atom is 0.270 e. The van der Waals surface area contributed by atoms with Crippen molar-refractivity contribution >= 4 is 34.1 Å². The van der Waals surface area contributed by atoms with Gasteiger partial charge >= 0.3 is 0 Å².